The van der Waals surface area contributed by atoms with Gasteiger partial charge in [-0.25, -0.2) is 0 Å². The molecule has 0 saturated heterocycles. The van der Waals surface area contributed by atoms with Gasteiger partial charge < -0.3 is 11.5 Å². The Hall–Kier alpha value is -1.30. The quantitative estimate of drug-likeness (QED) is 0.787. The van der Waals surface area contributed by atoms with Gasteiger partial charge in [-0.15, -0.1) is 22.0 Å². The molecule has 0 spiro atoms. The highest BCUT2D eigenvalue weighted by Crippen LogP contribution is 2.48. The van der Waals surface area contributed by atoms with Gasteiger partial charge in [-0.1, -0.05) is 18.9 Å². The van der Waals surface area contributed by atoms with Crippen LogP contribution in [0.2, 0.25) is 0 Å². The van der Waals surface area contributed by atoms with Gasteiger partial charge in [-0.2, -0.15) is 4.98 Å². The molecule has 2 unspecified atom stereocenters. The predicted octanol–water partition coefficient (Wildman–Crippen LogP) is 1.68. The molecule has 0 bridgehead atoms. The van der Waals surface area contributed by atoms with E-state index in [9.17, 15) is 0 Å². The molecule has 6 heteroatoms. The minimum atomic E-state index is 0.132. The van der Waals surface area contributed by atoms with Crippen molar-refractivity contribution in [2.24, 2.45) is 5.92 Å². The van der Waals surface area contributed by atoms with Crippen LogP contribution in [-0.4, -0.2) is 20.4 Å². The zero-order valence-electron chi connectivity index (χ0n) is 9.47. The summed E-state index contributed by atoms with van der Waals surface area (Å²) in [5, 5.41) is 8.54. The molecule has 0 amide bonds. The number of allylic oxidation sites excluding steroid dienone is 1. The number of rotatable bonds is 1. The Bertz CT molecular complexity index is 473. The van der Waals surface area contributed by atoms with Crippen LogP contribution < -0.4 is 11.5 Å². The van der Waals surface area contributed by atoms with Crippen LogP contribution in [0.15, 0.2) is 6.08 Å². The molecule has 1 aliphatic heterocycles. The Kier molecular flexibility index (Phi) is 2.66. The lowest BCUT2D eigenvalue weighted by atomic mass is 9.88. The molecule has 1 aromatic heterocycles. The number of nitrogens with zero attached hydrogens (tertiary/aromatic N) is 3. The van der Waals surface area contributed by atoms with Crippen molar-refractivity contribution in [3.05, 3.63) is 11.8 Å². The molecular weight excluding hydrogens is 234 g/mol. The second-order valence-electron chi connectivity index (χ2n) is 4.54. The van der Waals surface area contributed by atoms with Crippen molar-refractivity contribution in [1.82, 2.24) is 15.2 Å². The first-order valence-electron chi connectivity index (χ1n) is 5.88. The van der Waals surface area contributed by atoms with Gasteiger partial charge in [0.2, 0.25) is 5.95 Å². The molecule has 90 valence electrons. The van der Waals surface area contributed by atoms with Gasteiger partial charge in [0, 0.05) is 10.2 Å². The van der Waals surface area contributed by atoms with Crippen LogP contribution in [0.4, 0.5) is 11.8 Å². The SMILES string of the molecule is Nc1nnc(C2=CC3CCCCC3S2)c(N)n1. The maximum atomic E-state index is 5.84. The number of aromatic nitrogens is 3. The molecule has 1 aliphatic carbocycles. The fraction of sp³-hybridized carbons (Fsp3) is 0.545. The fourth-order valence-electron chi connectivity index (χ4n) is 2.52. The van der Waals surface area contributed by atoms with Crippen LogP contribution in [-0.2, 0) is 0 Å². The Morgan fingerprint density at radius 3 is 2.76 bits per heavy atom. The van der Waals surface area contributed by atoms with E-state index in [4.69, 9.17) is 11.5 Å². The lowest BCUT2D eigenvalue weighted by molar-refractivity contribution is 0.437. The largest absolute Gasteiger partial charge is 0.382 e. The standard InChI is InChI=1S/C11H15N5S/c12-10-9(15-16-11(13)14-10)8-5-6-3-1-2-4-7(6)17-8/h5-7H,1-4H2,(H4,12,13,14,16). The van der Waals surface area contributed by atoms with Gasteiger partial charge in [0.1, 0.15) is 5.69 Å². The highest BCUT2D eigenvalue weighted by molar-refractivity contribution is 8.09. The zero-order chi connectivity index (χ0) is 11.8. The molecule has 2 atom stereocenters. The maximum absolute atomic E-state index is 5.84. The first kappa shape index (κ1) is 10.8. The van der Waals surface area contributed by atoms with E-state index in [0.29, 0.717) is 22.7 Å². The topological polar surface area (TPSA) is 90.7 Å². The van der Waals surface area contributed by atoms with Crippen molar-refractivity contribution in [3.8, 4) is 0 Å². The van der Waals surface area contributed by atoms with Crippen LogP contribution in [0.5, 0.6) is 0 Å². The van der Waals surface area contributed by atoms with Crippen LogP contribution in [0.25, 0.3) is 4.91 Å². The van der Waals surface area contributed by atoms with E-state index < -0.39 is 0 Å². The third-order valence-electron chi connectivity index (χ3n) is 3.36. The van der Waals surface area contributed by atoms with E-state index in [1.165, 1.54) is 25.7 Å². The monoisotopic (exact) mass is 249 g/mol. The summed E-state index contributed by atoms with van der Waals surface area (Å²) in [7, 11) is 0. The normalized spacial score (nSPS) is 27.6. The van der Waals surface area contributed by atoms with Crippen LogP contribution >= 0.6 is 11.8 Å². The molecule has 0 aromatic carbocycles. The Balaban J connectivity index is 1.90. The zero-order valence-corrected chi connectivity index (χ0v) is 10.3. The van der Waals surface area contributed by atoms with E-state index in [-0.39, 0.29) is 5.95 Å². The number of nitrogens with two attached hydrogens (primary N) is 2. The fourth-order valence-corrected chi connectivity index (χ4v) is 4.03. The van der Waals surface area contributed by atoms with E-state index in [1.807, 2.05) is 11.8 Å². The summed E-state index contributed by atoms with van der Waals surface area (Å²) < 4.78 is 0. The second-order valence-corrected chi connectivity index (χ2v) is 5.82. The first-order valence-corrected chi connectivity index (χ1v) is 6.76. The smallest absolute Gasteiger partial charge is 0.242 e. The average Bonchev–Trinajstić information content (AvgIpc) is 2.72. The van der Waals surface area contributed by atoms with Crippen molar-refractivity contribution in [2.45, 2.75) is 30.9 Å². The molecule has 17 heavy (non-hydrogen) atoms. The summed E-state index contributed by atoms with van der Waals surface area (Å²) in [6.45, 7) is 0. The lowest BCUT2D eigenvalue weighted by Crippen LogP contribution is -2.15. The minimum Gasteiger partial charge on any atom is -0.382 e. The Morgan fingerprint density at radius 1 is 1.18 bits per heavy atom. The number of fused-ring (bicyclic) bond motifs is 1. The molecule has 2 aliphatic rings. The van der Waals surface area contributed by atoms with Gasteiger partial charge in [0.25, 0.3) is 0 Å². The van der Waals surface area contributed by atoms with Crippen LogP contribution in [0.1, 0.15) is 31.4 Å². The van der Waals surface area contributed by atoms with Crippen molar-refractivity contribution in [2.75, 3.05) is 11.5 Å². The highest BCUT2D eigenvalue weighted by atomic mass is 32.2. The summed E-state index contributed by atoms with van der Waals surface area (Å²) >= 11 is 1.87. The van der Waals surface area contributed by atoms with Gasteiger partial charge in [0.05, 0.1) is 0 Å². The molecule has 5 nitrogen and oxygen atoms in total. The average molecular weight is 249 g/mol. The summed E-state index contributed by atoms with van der Waals surface area (Å²) in [6.07, 6.45) is 7.50. The summed E-state index contributed by atoms with van der Waals surface area (Å²) in [6, 6.07) is 0. The molecule has 3 rings (SSSR count). The Labute approximate surface area is 104 Å². The second kappa shape index (κ2) is 4.18. The maximum Gasteiger partial charge on any atom is 0.242 e. The molecule has 0 radical (unpaired) electrons. The van der Waals surface area contributed by atoms with E-state index >= 15 is 0 Å². The van der Waals surface area contributed by atoms with Gasteiger partial charge >= 0.3 is 0 Å². The van der Waals surface area contributed by atoms with Crippen molar-refractivity contribution < 1.29 is 0 Å². The third-order valence-corrected chi connectivity index (χ3v) is 4.83. The first-order chi connectivity index (χ1) is 8.24. The molecule has 1 aromatic rings. The van der Waals surface area contributed by atoms with Crippen molar-refractivity contribution >= 4 is 28.4 Å². The van der Waals surface area contributed by atoms with Crippen molar-refractivity contribution in [3.63, 3.8) is 0 Å². The lowest BCUT2D eigenvalue weighted by Gasteiger charge is -2.23. The van der Waals surface area contributed by atoms with Gasteiger partial charge in [0.15, 0.2) is 5.82 Å². The minimum absolute atomic E-state index is 0.132. The highest BCUT2D eigenvalue weighted by Gasteiger charge is 2.32. The molecule has 1 fully saturated rings. The van der Waals surface area contributed by atoms with E-state index in [0.717, 1.165) is 4.91 Å². The number of nitrogen functional groups attached to an aromatic ring is 2. The van der Waals surface area contributed by atoms with Crippen LogP contribution in [0, 0.1) is 5.92 Å². The third kappa shape index (κ3) is 1.97. The molecule has 2 heterocycles. The summed E-state index contributed by atoms with van der Waals surface area (Å²) in [5.74, 6) is 1.18. The predicted molar refractivity (Wildman–Crippen MR) is 70.0 cm³/mol. The van der Waals surface area contributed by atoms with Gasteiger partial charge in [-0.05, 0) is 18.8 Å². The number of anilines is 2. The summed E-state index contributed by atoms with van der Waals surface area (Å²) in [5.41, 5.74) is 12.0. The molecule has 4 N–H and O–H groups in total. The molecular formula is C11H15N5S. The number of hydrogen-bond acceptors (Lipinski definition) is 6. The van der Waals surface area contributed by atoms with Crippen LogP contribution in [0.3, 0.4) is 0 Å². The van der Waals surface area contributed by atoms with E-state index in [2.05, 4.69) is 21.3 Å². The van der Waals surface area contributed by atoms with E-state index in [1.54, 1.807) is 0 Å². The number of thioether (sulfide) groups is 1. The summed E-state index contributed by atoms with van der Waals surface area (Å²) in [4.78, 5) is 5.09. The van der Waals surface area contributed by atoms with Gasteiger partial charge in [-0.3, -0.25) is 0 Å². The Morgan fingerprint density at radius 2 is 2.00 bits per heavy atom. The molecule has 1 saturated carbocycles. The number of hydrogen-bond donors (Lipinski definition) is 2. The van der Waals surface area contributed by atoms with Crippen molar-refractivity contribution in [1.29, 1.82) is 0 Å².